The number of aliphatic carboxylic acids is 1. The van der Waals surface area contributed by atoms with E-state index in [4.69, 9.17) is 15.6 Å². The minimum absolute atomic E-state index is 0.0794. The third-order valence-electron chi connectivity index (χ3n) is 2.25. The first-order valence-electron chi connectivity index (χ1n) is 5.29. The monoisotopic (exact) mass is 264 g/mol. The summed E-state index contributed by atoms with van der Waals surface area (Å²) in [6, 6.07) is -0.842. The predicted molar refractivity (Wildman–Crippen MR) is 67.0 cm³/mol. The number of methoxy groups -OCH3 is 1. The van der Waals surface area contributed by atoms with Gasteiger partial charge in [0.1, 0.15) is 6.04 Å². The van der Waals surface area contributed by atoms with Crippen LogP contribution in [0, 0.1) is 0 Å². The van der Waals surface area contributed by atoms with Crippen LogP contribution in [0.15, 0.2) is 0 Å². The molecule has 0 aromatic heterocycles. The maximum absolute atomic E-state index is 11.5. The van der Waals surface area contributed by atoms with Gasteiger partial charge in [0, 0.05) is 13.7 Å². The molecule has 0 rings (SSSR count). The number of hydrogen-bond acceptors (Lipinski definition) is 5. The van der Waals surface area contributed by atoms with Crippen LogP contribution in [0.1, 0.15) is 12.8 Å². The summed E-state index contributed by atoms with van der Waals surface area (Å²) in [7, 11) is 1.47. The highest BCUT2D eigenvalue weighted by atomic mass is 32.2. The molecule has 7 heteroatoms. The number of nitrogens with two attached hydrogens (primary N) is 1. The maximum Gasteiger partial charge on any atom is 0.326 e. The maximum atomic E-state index is 11.5. The van der Waals surface area contributed by atoms with Crippen LogP contribution in [0.4, 0.5) is 0 Å². The lowest BCUT2D eigenvalue weighted by molar-refractivity contribution is -0.142. The Bertz CT molecular complexity index is 246. The zero-order valence-corrected chi connectivity index (χ0v) is 11.0. The van der Waals surface area contributed by atoms with Crippen molar-refractivity contribution >= 4 is 23.6 Å². The molecule has 100 valence electrons. The first-order valence-corrected chi connectivity index (χ1v) is 6.68. The van der Waals surface area contributed by atoms with E-state index in [1.54, 1.807) is 0 Å². The highest BCUT2D eigenvalue weighted by molar-refractivity contribution is 7.98. The predicted octanol–water partition coefficient (Wildman–Crippen LogP) is -0.327. The van der Waals surface area contributed by atoms with E-state index >= 15 is 0 Å². The summed E-state index contributed by atoms with van der Waals surface area (Å²) >= 11 is 1.54. The first-order chi connectivity index (χ1) is 8.04. The molecule has 0 heterocycles. The summed E-state index contributed by atoms with van der Waals surface area (Å²) in [5.74, 6) is -0.688. The molecule has 0 aliphatic rings. The van der Waals surface area contributed by atoms with E-state index in [-0.39, 0.29) is 25.0 Å². The first kappa shape index (κ1) is 16.2. The fraction of sp³-hybridized carbons (Fsp3) is 0.800. The number of hydrogen-bond donors (Lipinski definition) is 3. The molecule has 0 aliphatic carbocycles. The lowest BCUT2D eigenvalue weighted by atomic mass is 10.2. The molecule has 17 heavy (non-hydrogen) atoms. The van der Waals surface area contributed by atoms with E-state index in [0.29, 0.717) is 12.2 Å². The van der Waals surface area contributed by atoms with Crippen molar-refractivity contribution in [1.82, 2.24) is 5.32 Å². The average molecular weight is 264 g/mol. The van der Waals surface area contributed by atoms with Gasteiger partial charge in [-0.1, -0.05) is 0 Å². The van der Waals surface area contributed by atoms with Gasteiger partial charge in [-0.05, 0) is 18.4 Å². The number of ether oxygens (including phenoxy) is 1. The Morgan fingerprint density at radius 3 is 2.59 bits per heavy atom. The standard InChI is InChI=1S/C10H20N2O4S/c1-16-7(6-11)5-9(13)12-8(10(14)15)3-4-17-2/h7-8H,3-6,11H2,1-2H3,(H,12,13)(H,14,15). The second kappa shape index (κ2) is 9.26. The number of carboxylic acid groups (broad SMARTS) is 1. The van der Waals surface area contributed by atoms with Crippen molar-refractivity contribution in [2.75, 3.05) is 25.7 Å². The van der Waals surface area contributed by atoms with Gasteiger partial charge in [-0.3, -0.25) is 4.79 Å². The van der Waals surface area contributed by atoms with Crippen LogP contribution in [0.2, 0.25) is 0 Å². The smallest absolute Gasteiger partial charge is 0.326 e. The molecule has 6 nitrogen and oxygen atoms in total. The van der Waals surface area contributed by atoms with Crippen LogP contribution in [-0.2, 0) is 14.3 Å². The van der Waals surface area contributed by atoms with Gasteiger partial charge in [-0.2, -0.15) is 11.8 Å². The van der Waals surface area contributed by atoms with Gasteiger partial charge in [0.15, 0.2) is 0 Å². The number of carboxylic acids is 1. The molecule has 4 N–H and O–H groups in total. The minimum Gasteiger partial charge on any atom is -0.480 e. The molecule has 0 aromatic carbocycles. The molecule has 0 saturated carbocycles. The second-order valence-electron chi connectivity index (χ2n) is 3.54. The van der Waals surface area contributed by atoms with Gasteiger partial charge in [-0.15, -0.1) is 0 Å². The summed E-state index contributed by atoms with van der Waals surface area (Å²) in [5.41, 5.74) is 5.38. The van der Waals surface area contributed by atoms with Gasteiger partial charge in [0.05, 0.1) is 12.5 Å². The SMILES string of the molecule is COC(CN)CC(=O)NC(CCSC)C(=O)O. The molecule has 1 amide bonds. The molecular formula is C10H20N2O4S. The number of thioether (sulfide) groups is 1. The van der Waals surface area contributed by atoms with Crippen LogP contribution in [0.25, 0.3) is 0 Å². The van der Waals surface area contributed by atoms with E-state index in [1.807, 2.05) is 6.26 Å². The number of carbonyl (C=O) groups is 2. The highest BCUT2D eigenvalue weighted by Crippen LogP contribution is 2.02. The molecule has 0 spiro atoms. The van der Waals surface area contributed by atoms with Gasteiger partial charge in [0.2, 0.25) is 5.91 Å². The molecule has 2 atom stereocenters. The van der Waals surface area contributed by atoms with E-state index in [9.17, 15) is 9.59 Å². The quantitative estimate of drug-likeness (QED) is 0.527. The Morgan fingerprint density at radius 1 is 1.53 bits per heavy atom. The molecule has 0 bridgehead atoms. The molecule has 0 aliphatic heterocycles. The Morgan fingerprint density at radius 2 is 2.18 bits per heavy atom. The molecule has 0 saturated heterocycles. The molecule has 0 fully saturated rings. The van der Waals surface area contributed by atoms with Crippen LogP contribution in [-0.4, -0.2) is 54.8 Å². The van der Waals surface area contributed by atoms with Crippen molar-refractivity contribution in [2.45, 2.75) is 25.0 Å². The van der Waals surface area contributed by atoms with Crippen molar-refractivity contribution < 1.29 is 19.4 Å². The van der Waals surface area contributed by atoms with Crippen molar-refractivity contribution in [3.63, 3.8) is 0 Å². The van der Waals surface area contributed by atoms with E-state index in [0.717, 1.165) is 0 Å². The minimum atomic E-state index is -1.02. The summed E-state index contributed by atoms with van der Waals surface area (Å²) in [4.78, 5) is 22.4. The van der Waals surface area contributed by atoms with E-state index < -0.39 is 12.0 Å². The van der Waals surface area contributed by atoms with Gasteiger partial charge >= 0.3 is 5.97 Å². The Balaban J connectivity index is 4.15. The van der Waals surface area contributed by atoms with Crippen LogP contribution in [0.3, 0.4) is 0 Å². The van der Waals surface area contributed by atoms with Gasteiger partial charge < -0.3 is 20.9 Å². The molecule has 0 radical (unpaired) electrons. The average Bonchev–Trinajstić information content (AvgIpc) is 2.30. The normalized spacial score (nSPS) is 14.1. The Labute approximate surface area is 105 Å². The lowest BCUT2D eigenvalue weighted by Gasteiger charge is -2.16. The summed E-state index contributed by atoms with van der Waals surface area (Å²) in [6.07, 6.45) is 2.00. The second-order valence-corrected chi connectivity index (χ2v) is 4.52. The Hall–Kier alpha value is -0.790. The summed E-state index contributed by atoms with van der Waals surface area (Å²) in [6.45, 7) is 0.229. The lowest BCUT2D eigenvalue weighted by Crippen LogP contribution is -2.43. The zero-order valence-electron chi connectivity index (χ0n) is 10.1. The zero-order chi connectivity index (χ0) is 13.3. The molecule has 0 aromatic rings. The number of rotatable bonds is 9. The fourth-order valence-corrected chi connectivity index (χ4v) is 1.69. The van der Waals surface area contributed by atoms with Crippen LogP contribution < -0.4 is 11.1 Å². The summed E-state index contributed by atoms with van der Waals surface area (Å²) < 4.78 is 4.96. The number of nitrogens with one attached hydrogen (secondary N) is 1. The van der Waals surface area contributed by atoms with Crippen molar-refractivity contribution in [1.29, 1.82) is 0 Å². The topological polar surface area (TPSA) is 102 Å². The van der Waals surface area contributed by atoms with Crippen LogP contribution in [0.5, 0.6) is 0 Å². The van der Waals surface area contributed by atoms with Crippen molar-refractivity contribution in [2.24, 2.45) is 5.73 Å². The van der Waals surface area contributed by atoms with E-state index in [2.05, 4.69) is 5.32 Å². The fourth-order valence-electron chi connectivity index (χ4n) is 1.22. The largest absolute Gasteiger partial charge is 0.480 e. The van der Waals surface area contributed by atoms with Gasteiger partial charge in [0.25, 0.3) is 0 Å². The molecular weight excluding hydrogens is 244 g/mol. The van der Waals surface area contributed by atoms with Crippen LogP contribution >= 0.6 is 11.8 Å². The third-order valence-corrected chi connectivity index (χ3v) is 2.90. The molecule has 2 unspecified atom stereocenters. The van der Waals surface area contributed by atoms with E-state index in [1.165, 1.54) is 18.9 Å². The van der Waals surface area contributed by atoms with Crippen molar-refractivity contribution in [3.05, 3.63) is 0 Å². The van der Waals surface area contributed by atoms with Crippen molar-refractivity contribution in [3.8, 4) is 0 Å². The third kappa shape index (κ3) is 7.19. The number of carbonyl (C=O) groups excluding carboxylic acids is 1. The highest BCUT2D eigenvalue weighted by Gasteiger charge is 2.20. The summed E-state index contributed by atoms with van der Waals surface area (Å²) in [5, 5.41) is 11.4. The van der Waals surface area contributed by atoms with Gasteiger partial charge in [-0.25, -0.2) is 4.79 Å². The Kier molecular flexibility index (Phi) is 8.83. The number of amides is 1.